The zero-order chi connectivity index (χ0) is 24.1. The number of carboxylic acid groups (broad SMARTS) is 1. The summed E-state index contributed by atoms with van der Waals surface area (Å²) in [6, 6.07) is 19.5. The molecule has 0 amide bonds. The van der Waals surface area contributed by atoms with Crippen molar-refractivity contribution >= 4 is 26.0 Å². The van der Waals surface area contributed by atoms with Crippen molar-refractivity contribution < 1.29 is 31.8 Å². The average molecular weight is 490 g/mol. The standard InChI is InChI=1S/C23H23NO7S2/c25-21-13-11-18(12-14-21)15-22(23(26)27)24(32(28,29)16-19-7-3-1-4-8-19)33(30,31)17-20-9-5-2-6-10-20/h1-14,22,25H,15-17H2,(H,26,27). The molecule has 0 radical (unpaired) electrons. The van der Waals surface area contributed by atoms with Crippen molar-refractivity contribution in [3.63, 3.8) is 0 Å². The van der Waals surface area contributed by atoms with Crippen molar-refractivity contribution in [1.29, 1.82) is 0 Å². The Morgan fingerprint density at radius 1 is 0.697 bits per heavy atom. The predicted octanol–water partition coefficient (Wildman–Crippen LogP) is 2.75. The monoisotopic (exact) mass is 489 g/mol. The first-order valence-electron chi connectivity index (χ1n) is 9.92. The minimum atomic E-state index is -4.61. The summed E-state index contributed by atoms with van der Waals surface area (Å²) < 4.78 is 53.6. The lowest BCUT2D eigenvalue weighted by molar-refractivity contribution is -0.140. The number of hydrogen-bond donors (Lipinski definition) is 2. The summed E-state index contributed by atoms with van der Waals surface area (Å²) >= 11 is 0. The van der Waals surface area contributed by atoms with Gasteiger partial charge in [0.25, 0.3) is 0 Å². The van der Waals surface area contributed by atoms with Gasteiger partial charge < -0.3 is 10.2 Å². The number of aliphatic carboxylic acids is 1. The maximum Gasteiger partial charge on any atom is 0.323 e. The molecule has 0 aromatic heterocycles. The topological polar surface area (TPSA) is 129 Å². The molecule has 0 heterocycles. The van der Waals surface area contributed by atoms with Crippen LogP contribution in [0.1, 0.15) is 16.7 Å². The van der Waals surface area contributed by atoms with E-state index in [1.807, 2.05) is 0 Å². The molecular formula is C23H23NO7S2. The number of phenols is 1. The molecule has 3 aromatic rings. The third-order valence-corrected chi connectivity index (χ3v) is 9.20. The average Bonchev–Trinajstić information content (AvgIpc) is 2.75. The van der Waals surface area contributed by atoms with Gasteiger partial charge >= 0.3 is 5.97 Å². The quantitative estimate of drug-likeness (QED) is 0.448. The lowest BCUT2D eigenvalue weighted by Crippen LogP contribution is -2.50. The smallest absolute Gasteiger partial charge is 0.323 e. The molecule has 0 spiro atoms. The molecule has 8 nitrogen and oxygen atoms in total. The van der Waals surface area contributed by atoms with Gasteiger partial charge in [-0.05, 0) is 28.8 Å². The molecule has 0 aliphatic heterocycles. The molecule has 2 N–H and O–H groups in total. The van der Waals surface area contributed by atoms with Crippen molar-refractivity contribution in [2.24, 2.45) is 0 Å². The molecule has 3 rings (SSSR count). The number of aromatic hydroxyl groups is 1. The Labute approximate surface area is 192 Å². The lowest BCUT2D eigenvalue weighted by atomic mass is 10.1. The van der Waals surface area contributed by atoms with Gasteiger partial charge in [0.1, 0.15) is 11.8 Å². The van der Waals surface area contributed by atoms with Crippen molar-refractivity contribution in [3.05, 3.63) is 102 Å². The Bertz CT molecular complexity index is 1220. The molecule has 0 bridgehead atoms. The van der Waals surface area contributed by atoms with Gasteiger partial charge in [0.2, 0.25) is 20.0 Å². The van der Waals surface area contributed by atoms with Gasteiger partial charge in [-0.15, -0.1) is 0 Å². The summed E-state index contributed by atoms with van der Waals surface area (Å²) in [5, 5.41) is 19.4. The minimum Gasteiger partial charge on any atom is -0.508 e. The largest absolute Gasteiger partial charge is 0.508 e. The summed E-state index contributed by atoms with van der Waals surface area (Å²) in [7, 11) is -9.22. The zero-order valence-electron chi connectivity index (χ0n) is 17.5. The summed E-state index contributed by atoms with van der Waals surface area (Å²) in [6.07, 6.45) is -0.405. The number of carboxylic acids is 1. The highest BCUT2D eigenvalue weighted by Gasteiger charge is 2.43. The Morgan fingerprint density at radius 3 is 1.52 bits per heavy atom. The third kappa shape index (κ3) is 6.41. The molecular weight excluding hydrogens is 466 g/mol. The van der Waals surface area contributed by atoms with Gasteiger partial charge in [-0.25, -0.2) is 16.8 Å². The number of rotatable bonds is 10. The highest BCUT2D eigenvalue weighted by atomic mass is 32.3. The lowest BCUT2D eigenvalue weighted by Gasteiger charge is -2.28. The van der Waals surface area contributed by atoms with E-state index in [9.17, 15) is 31.8 Å². The van der Waals surface area contributed by atoms with E-state index >= 15 is 0 Å². The van der Waals surface area contributed by atoms with Crippen LogP contribution in [0.2, 0.25) is 0 Å². The second-order valence-corrected chi connectivity index (χ2v) is 11.4. The number of carbonyl (C=O) groups is 1. The van der Waals surface area contributed by atoms with E-state index in [2.05, 4.69) is 0 Å². The van der Waals surface area contributed by atoms with Gasteiger partial charge in [0.05, 0.1) is 11.5 Å². The Morgan fingerprint density at radius 2 is 1.12 bits per heavy atom. The molecule has 0 saturated carbocycles. The number of phenolic OH excluding ortho intramolecular Hbond substituents is 1. The van der Waals surface area contributed by atoms with Gasteiger partial charge in [-0.1, -0.05) is 76.5 Å². The zero-order valence-corrected chi connectivity index (χ0v) is 19.1. The molecule has 3 aromatic carbocycles. The molecule has 0 fully saturated rings. The molecule has 1 atom stereocenters. The van der Waals surface area contributed by atoms with Crippen LogP contribution in [-0.2, 0) is 42.8 Å². The van der Waals surface area contributed by atoms with Crippen LogP contribution in [0.4, 0.5) is 0 Å². The Hall–Kier alpha value is -3.21. The first-order valence-corrected chi connectivity index (χ1v) is 13.1. The van der Waals surface area contributed by atoms with Gasteiger partial charge in [-0.3, -0.25) is 4.79 Å². The van der Waals surface area contributed by atoms with Crippen LogP contribution in [-0.4, -0.2) is 42.8 Å². The molecule has 10 heteroatoms. The maximum absolute atomic E-state index is 13.4. The summed E-state index contributed by atoms with van der Waals surface area (Å²) in [4.78, 5) is 12.2. The van der Waals surface area contributed by atoms with Crippen LogP contribution < -0.4 is 0 Å². The van der Waals surface area contributed by atoms with Crippen molar-refractivity contribution in [1.82, 2.24) is 3.71 Å². The van der Waals surface area contributed by atoms with Crippen LogP contribution >= 0.6 is 0 Å². The SMILES string of the molecule is O=C(O)C(Cc1ccc(O)cc1)N(S(=O)(=O)Cc1ccccc1)S(=O)(=O)Cc1ccccc1. The first kappa shape index (κ1) is 24.4. The van der Waals surface area contributed by atoms with E-state index in [4.69, 9.17) is 0 Å². The fraction of sp³-hybridized carbons (Fsp3) is 0.174. The number of benzene rings is 3. The van der Waals surface area contributed by atoms with E-state index in [1.165, 1.54) is 48.5 Å². The van der Waals surface area contributed by atoms with Gasteiger partial charge in [-0.2, -0.15) is 0 Å². The number of hydrogen-bond acceptors (Lipinski definition) is 6. The van der Waals surface area contributed by atoms with E-state index in [-0.39, 0.29) is 9.46 Å². The van der Waals surface area contributed by atoms with Crippen LogP contribution in [0.5, 0.6) is 5.75 Å². The van der Waals surface area contributed by atoms with Crippen molar-refractivity contribution in [2.75, 3.05) is 0 Å². The van der Waals surface area contributed by atoms with Gasteiger partial charge in [0, 0.05) is 6.42 Å². The molecule has 1 unspecified atom stereocenters. The van der Waals surface area contributed by atoms with Crippen LogP contribution in [0.3, 0.4) is 0 Å². The van der Waals surface area contributed by atoms with Crippen molar-refractivity contribution in [2.45, 2.75) is 24.0 Å². The summed E-state index contributed by atoms with van der Waals surface area (Å²) in [5.74, 6) is -3.02. The Balaban J connectivity index is 2.07. The second-order valence-electron chi connectivity index (χ2n) is 7.43. The fourth-order valence-corrected chi connectivity index (χ4v) is 7.65. The minimum absolute atomic E-state index is 0.0594. The summed E-state index contributed by atoms with van der Waals surface area (Å²) in [6.45, 7) is 0. The van der Waals surface area contributed by atoms with E-state index < -0.39 is 50.0 Å². The van der Waals surface area contributed by atoms with Gasteiger partial charge in [0.15, 0.2) is 0 Å². The predicted molar refractivity (Wildman–Crippen MR) is 123 cm³/mol. The van der Waals surface area contributed by atoms with Crippen LogP contribution in [0.15, 0.2) is 84.9 Å². The Kier molecular flexibility index (Phi) is 7.52. The second kappa shape index (κ2) is 10.2. The maximum atomic E-state index is 13.4. The van der Waals surface area contributed by atoms with Crippen LogP contribution in [0.25, 0.3) is 0 Å². The molecule has 0 aliphatic rings. The summed E-state index contributed by atoms with van der Waals surface area (Å²) in [5.41, 5.74) is 1.01. The van der Waals surface area contributed by atoms with E-state index in [1.54, 1.807) is 36.4 Å². The molecule has 174 valence electrons. The normalized spacial score (nSPS) is 13.0. The highest BCUT2D eigenvalue weighted by molar-refractivity contribution is 8.03. The molecule has 33 heavy (non-hydrogen) atoms. The third-order valence-electron chi connectivity index (χ3n) is 4.84. The number of nitrogens with zero attached hydrogens (tertiary/aromatic N) is 1. The van der Waals surface area contributed by atoms with Crippen molar-refractivity contribution in [3.8, 4) is 5.75 Å². The van der Waals surface area contributed by atoms with Crippen LogP contribution in [0, 0.1) is 0 Å². The fourth-order valence-electron chi connectivity index (χ4n) is 3.37. The van der Waals surface area contributed by atoms with E-state index in [0.717, 1.165) is 0 Å². The molecule has 0 saturated heterocycles. The van der Waals surface area contributed by atoms with E-state index in [0.29, 0.717) is 16.7 Å². The highest BCUT2D eigenvalue weighted by Crippen LogP contribution is 2.25. The first-order chi connectivity index (χ1) is 15.6. The molecule has 0 aliphatic carbocycles. The number of sulfonamides is 2.